The summed E-state index contributed by atoms with van der Waals surface area (Å²) < 4.78 is 0. The van der Waals surface area contributed by atoms with Crippen LogP contribution in [0.1, 0.15) is 110 Å². The molecule has 0 aliphatic rings. The lowest BCUT2D eigenvalue weighted by Gasteiger charge is -2.09. The maximum absolute atomic E-state index is 3.67. The number of nitrogens with one attached hydrogen (secondary N) is 1. The Bertz CT molecular complexity index is 623. The van der Waals surface area contributed by atoms with Crippen molar-refractivity contribution < 1.29 is 0 Å². The van der Waals surface area contributed by atoms with E-state index in [1.54, 1.807) is 0 Å². The molecule has 0 amide bonds. The minimum atomic E-state index is 0.594. The van der Waals surface area contributed by atoms with Gasteiger partial charge in [-0.3, -0.25) is 0 Å². The summed E-state index contributed by atoms with van der Waals surface area (Å²) in [6, 6.07) is 17.5. The van der Waals surface area contributed by atoms with Crippen LogP contribution in [-0.2, 0) is 13.1 Å². The van der Waals surface area contributed by atoms with Crippen molar-refractivity contribution in [1.82, 2.24) is 5.32 Å². The number of aryl methyl sites for hydroxylation is 1. The summed E-state index contributed by atoms with van der Waals surface area (Å²) in [4.78, 5) is 0. The number of benzene rings is 2. The fraction of sp³-hybridized carbons (Fsp3) is 0.533. The second-order valence-corrected chi connectivity index (χ2v) is 7.51. The van der Waals surface area contributed by atoms with Crippen LogP contribution in [0.5, 0.6) is 0 Å². The third kappa shape index (κ3) is 21.2. The highest BCUT2D eigenvalue weighted by molar-refractivity contribution is 5.26. The van der Waals surface area contributed by atoms with E-state index in [0.717, 1.165) is 19.5 Å². The average molecular weight is 428 g/mol. The van der Waals surface area contributed by atoms with Crippen molar-refractivity contribution in [3.8, 4) is 0 Å². The van der Waals surface area contributed by atoms with Crippen LogP contribution in [0.3, 0.4) is 0 Å². The molecule has 0 saturated heterocycles. The minimum absolute atomic E-state index is 0.594. The summed E-state index contributed by atoms with van der Waals surface area (Å²) in [6.07, 6.45) is 2.36. The average Bonchev–Trinajstić information content (AvgIpc) is 2.79. The van der Waals surface area contributed by atoms with Crippen molar-refractivity contribution in [2.75, 3.05) is 0 Å². The molecule has 178 valence electrons. The highest BCUT2D eigenvalue weighted by Gasteiger charge is 2.00. The van der Waals surface area contributed by atoms with Crippen molar-refractivity contribution in [2.45, 2.75) is 108 Å². The van der Waals surface area contributed by atoms with Crippen molar-refractivity contribution in [1.29, 1.82) is 0 Å². The number of hydrogen-bond acceptors (Lipinski definition) is 1. The van der Waals surface area contributed by atoms with Crippen molar-refractivity contribution in [3.63, 3.8) is 0 Å². The minimum Gasteiger partial charge on any atom is -0.309 e. The van der Waals surface area contributed by atoms with Crippen LogP contribution in [0.15, 0.2) is 60.7 Å². The van der Waals surface area contributed by atoms with E-state index in [4.69, 9.17) is 0 Å². The molecule has 0 atom stereocenters. The first-order chi connectivity index (χ1) is 14.8. The first-order valence-electron chi connectivity index (χ1n) is 12.3. The van der Waals surface area contributed by atoms with Gasteiger partial charge in [-0.1, -0.05) is 128 Å². The highest BCUT2D eigenvalue weighted by atomic mass is 14.8. The predicted octanol–water partition coefficient (Wildman–Crippen LogP) is 9.85. The maximum atomic E-state index is 3.67. The standard InChI is InChI=1S/C18H23N.C5H10.C3H8.2C2H6/c1-14(2)18-6-4-5-17(11-18)13-19-12-16-9-7-15(3)8-10-16;1-4-5(2)3;1-3-2;2*1-2/h4-11,14,19H,12-13H2,1-3H3;2,4H2,1,3H3;3H2,1-2H3;2*1-2H3. The molecule has 0 fully saturated rings. The summed E-state index contributed by atoms with van der Waals surface area (Å²) in [7, 11) is 0. The van der Waals surface area contributed by atoms with Crippen LogP contribution in [0.25, 0.3) is 0 Å². The number of rotatable bonds is 6. The van der Waals surface area contributed by atoms with E-state index in [9.17, 15) is 0 Å². The molecule has 2 aromatic carbocycles. The van der Waals surface area contributed by atoms with E-state index in [1.807, 2.05) is 34.6 Å². The lowest BCUT2D eigenvalue weighted by molar-refractivity contribution is 0.691. The molecular weight excluding hydrogens is 374 g/mol. The summed E-state index contributed by atoms with van der Waals surface area (Å²) in [5, 5.41) is 3.50. The predicted molar refractivity (Wildman–Crippen MR) is 146 cm³/mol. The fourth-order valence-electron chi connectivity index (χ4n) is 2.12. The molecule has 0 spiro atoms. The molecule has 0 aliphatic heterocycles. The Labute approximate surface area is 196 Å². The number of hydrogen-bond donors (Lipinski definition) is 1. The zero-order chi connectivity index (χ0) is 24.7. The van der Waals surface area contributed by atoms with Crippen LogP contribution in [0.2, 0.25) is 0 Å². The molecule has 1 nitrogen and oxygen atoms in total. The molecule has 1 N–H and O–H groups in total. The lowest BCUT2D eigenvalue weighted by Crippen LogP contribution is -2.12. The number of allylic oxidation sites excluding steroid dienone is 1. The normalized spacial score (nSPS) is 8.90. The Morgan fingerprint density at radius 1 is 0.839 bits per heavy atom. The zero-order valence-electron chi connectivity index (χ0n) is 22.7. The van der Waals surface area contributed by atoms with E-state index in [2.05, 4.69) is 102 Å². The third-order valence-corrected chi connectivity index (χ3v) is 4.00. The Kier molecular flexibility index (Phi) is 26.6. The van der Waals surface area contributed by atoms with E-state index in [-0.39, 0.29) is 0 Å². The van der Waals surface area contributed by atoms with Gasteiger partial charge >= 0.3 is 0 Å². The molecule has 0 bridgehead atoms. The lowest BCUT2D eigenvalue weighted by atomic mass is 10.0. The van der Waals surface area contributed by atoms with E-state index < -0.39 is 0 Å². The SMILES string of the molecule is C=C(C)CC.CC.CC.CCC.Cc1ccc(CNCc2cccc(C(C)C)c2)cc1. The van der Waals surface area contributed by atoms with Gasteiger partial charge < -0.3 is 5.32 Å². The fourth-order valence-corrected chi connectivity index (χ4v) is 2.12. The quantitative estimate of drug-likeness (QED) is 0.452. The van der Waals surface area contributed by atoms with Crippen LogP contribution < -0.4 is 5.32 Å². The Morgan fingerprint density at radius 3 is 1.71 bits per heavy atom. The van der Waals surface area contributed by atoms with Gasteiger partial charge in [0.25, 0.3) is 0 Å². The van der Waals surface area contributed by atoms with Crippen molar-refractivity contribution >= 4 is 0 Å². The smallest absolute Gasteiger partial charge is 0.0208 e. The largest absolute Gasteiger partial charge is 0.309 e. The molecule has 31 heavy (non-hydrogen) atoms. The molecule has 0 unspecified atom stereocenters. The molecule has 2 aromatic rings. The van der Waals surface area contributed by atoms with Gasteiger partial charge in [-0.2, -0.15) is 0 Å². The Hall–Kier alpha value is -1.86. The summed E-state index contributed by atoms with van der Waals surface area (Å²) in [6.45, 7) is 28.5. The van der Waals surface area contributed by atoms with Gasteiger partial charge in [0, 0.05) is 13.1 Å². The van der Waals surface area contributed by atoms with Crippen molar-refractivity contribution in [2.24, 2.45) is 0 Å². The topological polar surface area (TPSA) is 12.0 Å². The molecule has 1 heteroatoms. The van der Waals surface area contributed by atoms with Gasteiger partial charge in [0.05, 0.1) is 0 Å². The van der Waals surface area contributed by atoms with Gasteiger partial charge in [0.15, 0.2) is 0 Å². The molecule has 0 heterocycles. The van der Waals surface area contributed by atoms with Gasteiger partial charge in [-0.15, -0.1) is 6.58 Å². The second-order valence-electron chi connectivity index (χ2n) is 7.51. The summed E-state index contributed by atoms with van der Waals surface area (Å²) in [5.74, 6) is 0.594. The van der Waals surface area contributed by atoms with Crippen LogP contribution in [0, 0.1) is 6.92 Å². The van der Waals surface area contributed by atoms with Gasteiger partial charge in [-0.25, -0.2) is 0 Å². The maximum Gasteiger partial charge on any atom is 0.0208 e. The third-order valence-electron chi connectivity index (χ3n) is 4.00. The first-order valence-corrected chi connectivity index (χ1v) is 12.3. The van der Waals surface area contributed by atoms with Gasteiger partial charge in [0.2, 0.25) is 0 Å². The van der Waals surface area contributed by atoms with E-state index in [0.29, 0.717) is 5.92 Å². The van der Waals surface area contributed by atoms with E-state index >= 15 is 0 Å². The van der Waals surface area contributed by atoms with Crippen LogP contribution in [0.4, 0.5) is 0 Å². The summed E-state index contributed by atoms with van der Waals surface area (Å²) >= 11 is 0. The second kappa shape index (κ2) is 24.4. The summed E-state index contributed by atoms with van der Waals surface area (Å²) in [5.41, 5.74) is 6.68. The van der Waals surface area contributed by atoms with Crippen LogP contribution in [-0.4, -0.2) is 0 Å². The monoisotopic (exact) mass is 427 g/mol. The molecule has 0 radical (unpaired) electrons. The molecule has 2 rings (SSSR count). The van der Waals surface area contributed by atoms with Crippen LogP contribution >= 0.6 is 0 Å². The first kappa shape index (κ1) is 33.8. The Balaban J connectivity index is -0.000000549. The molecule has 0 aromatic heterocycles. The van der Waals surface area contributed by atoms with E-state index in [1.165, 1.54) is 34.2 Å². The molecule has 0 saturated carbocycles. The zero-order valence-corrected chi connectivity index (χ0v) is 22.7. The molecular formula is C30H53N. The molecule has 0 aliphatic carbocycles. The highest BCUT2D eigenvalue weighted by Crippen LogP contribution is 2.15. The van der Waals surface area contributed by atoms with Gasteiger partial charge in [-0.05, 0) is 42.9 Å². The van der Waals surface area contributed by atoms with Crippen molar-refractivity contribution in [3.05, 3.63) is 82.9 Å². The Morgan fingerprint density at radius 2 is 1.29 bits per heavy atom. The van der Waals surface area contributed by atoms with Gasteiger partial charge in [0.1, 0.15) is 0 Å².